The molecule has 1 aliphatic rings. The standard InChI is InChI=1S/C21H27ClN2O7S2/c1-4-11-33(28,29)31-21-16(13-23-24(21)5-2)20(25)15-6-7-18-19(14(15)3)17(30-10-9-22)8-12-32(18,26)27/h6-7,13,17H,4-5,8-12H2,1-3H3. The van der Waals surface area contributed by atoms with Gasteiger partial charge in [0.1, 0.15) is 5.56 Å². The van der Waals surface area contributed by atoms with Gasteiger partial charge in [-0.15, -0.1) is 11.6 Å². The van der Waals surface area contributed by atoms with Gasteiger partial charge in [-0.25, -0.2) is 13.1 Å². The number of aromatic nitrogens is 2. The Bertz CT molecular complexity index is 1250. The fourth-order valence-corrected chi connectivity index (χ4v) is 6.62. The third-order valence-electron chi connectivity index (χ3n) is 5.42. The van der Waals surface area contributed by atoms with Crippen LogP contribution in [-0.2, 0) is 31.2 Å². The number of nitrogens with zero attached hydrogens (tertiary/aromatic N) is 2. The number of sulfone groups is 1. The van der Waals surface area contributed by atoms with Gasteiger partial charge in [-0.1, -0.05) is 6.92 Å². The largest absolute Gasteiger partial charge is 0.372 e. The summed E-state index contributed by atoms with van der Waals surface area (Å²) in [5.74, 6) is -0.688. The third kappa shape index (κ3) is 5.26. The smallest absolute Gasteiger partial charge is 0.310 e. The van der Waals surface area contributed by atoms with Gasteiger partial charge in [0.15, 0.2) is 15.6 Å². The first-order valence-corrected chi connectivity index (χ1v) is 14.4. The molecule has 0 spiro atoms. The molecule has 1 aromatic heterocycles. The van der Waals surface area contributed by atoms with Gasteiger partial charge in [-0.3, -0.25) is 4.79 Å². The van der Waals surface area contributed by atoms with Gasteiger partial charge in [0, 0.05) is 23.6 Å². The number of ether oxygens (including phenoxy) is 1. The number of ketones is 1. The minimum Gasteiger partial charge on any atom is -0.372 e. The van der Waals surface area contributed by atoms with E-state index in [0.29, 0.717) is 24.1 Å². The second-order valence-corrected chi connectivity index (χ2v) is 11.8. The molecule has 3 rings (SSSR count). The van der Waals surface area contributed by atoms with Crippen molar-refractivity contribution in [3.05, 3.63) is 40.6 Å². The quantitative estimate of drug-likeness (QED) is 0.267. The van der Waals surface area contributed by atoms with E-state index in [0.717, 1.165) is 0 Å². The van der Waals surface area contributed by atoms with Crippen LogP contribution in [0.25, 0.3) is 0 Å². The molecule has 0 saturated heterocycles. The Balaban J connectivity index is 2.10. The van der Waals surface area contributed by atoms with Crippen LogP contribution in [0, 0.1) is 6.92 Å². The average molecular weight is 519 g/mol. The van der Waals surface area contributed by atoms with Crippen LogP contribution in [0.2, 0.25) is 0 Å². The number of benzene rings is 1. The molecule has 33 heavy (non-hydrogen) atoms. The summed E-state index contributed by atoms with van der Waals surface area (Å²) in [7, 11) is -7.42. The normalized spacial score (nSPS) is 17.5. The fraction of sp³-hybridized carbons (Fsp3) is 0.524. The number of hydrogen-bond donors (Lipinski definition) is 0. The van der Waals surface area contributed by atoms with Crippen LogP contribution in [0.15, 0.2) is 23.2 Å². The number of alkyl halides is 1. The lowest BCUT2D eigenvalue weighted by molar-refractivity contribution is 0.0575. The lowest BCUT2D eigenvalue weighted by Gasteiger charge is -2.28. The number of carbonyl (C=O) groups excluding carboxylic acids is 1. The zero-order valence-corrected chi connectivity index (χ0v) is 21.1. The minimum absolute atomic E-state index is 0.0172. The van der Waals surface area contributed by atoms with Crippen LogP contribution in [0.4, 0.5) is 0 Å². The van der Waals surface area contributed by atoms with Crippen LogP contribution in [0.1, 0.15) is 59.8 Å². The Hall–Kier alpha value is -1.95. The molecule has 12 heteroatoms. The van der Waals surface area contributed by atoms with E-state index in [9.17, 15) is 21.6 Å². The van der Waals surface area contributed by atoms with Gasteiger partial charge in [0.25, 0.3) is 0 Å². The fourth-order valence-electron chi connectivity index (χ4n) is 3.89. The number of hydrogen-bond acceptors (Lipinski definition) is 8. The Kier molecular flexibility index (Phi) is 7.87. The summed E-state index contributed by atoms with van der Waals surface area (Å²) in [6.45, 7) is 5.63. The average Bonchev–Trinajstić information content (AvgIpc) is 3.14. The molecule has 0 aliphatic carbocycles. The molecule has 1 unspecified atom stereocenters. The molecule has 1 aromatic carbocycles. The van der Waals surface area contributed by atoms with Gasteiger partial charge in [0.05, 0.1) is 35.3 Å². The van der Waals surface area contributed by atoms with Gasteiger partial charge in [0.2, 0.25) is 5.88 Å². The first-order valence-electron chi connectivity index (χ1n) is 10.6. The molecule has 0 bridgehead atoms. The maximum Gasteiger partial charge on any atom is 0.310 e. The Morgan fingerprint density at radius 3 is 2.64 bits per heavy atom. The molecular formula is C21H27ClN2O7S2. The molecule has 182 valence electrons. The first kappa shape index (κ1) is 25.7. The zero-order chi connectivity index (χ0) is 24.4. The number of rotatable bonds is 10. The van der Waals surface area contributed by atoms with E-state index >= 15 is 0 Å². The molecule has 2 aromatic rings. The summed E-state index contributed by atoms with van der Waals surface area (Å²) in [4.78, 5) is 13.6. The van der Waals surface area contributed by atoms with Crippen LogP contribution in [-0.4, -0.2) is 56.4 Å². The second kappa shape index (κ2) is 10.1. The van der Waals surface area contributed by atoms with Gasteiger partial charge in [-0.05, 0) is 44.4 Å². The van der Waals surface area contributed by atoms with Crippen LogP contribution in [0.5, 0.6) is 5.88 Å². The maximum absolute atomic E-state index is 13.5. The van der Waals surface area contributed by atoms with E-state index in [1.165, 1.54) is 23.0 Å². The highest BCUT2D eigenvalue weighted by atomic mass is 35.5. The first-order chi connectivity index (χ1) is 15.6. The summed E-state index contributed by atoms with van der Waals surface area (Å²) in [6, 6.07) is 2.84. The van der Waals surface area contributed by atoms with Gasteiger partial charge < -0.3 is 8.92 Å². The topological polar surface area (TPSA) is 122 Å². The van der Waals surface area contributed by atoms with Crippen molar-refractivity contribution in [2.24, 2.45) is 0 Å². The minimum atomic E-state index is -3.91. The number of aryl methyl sites for hydroxylation is 1. The van der Waals surface area contributed by atoms with E-state index in [2.05, 4.69) is 5.10 Å². The summed E-state index contributed by atoms with van der Waals surface area (Å²) in [5, 5.41) is 4.09. The van der Waals surface area contributed by atoms with Crippen molar-refractivity contribution in [2.45, 2.75) is 51.2 Å². The van der Waals surface area contributed by atoms with E-state index in [-0.39, 0.29) is 52.3 Å². The highest BCUT2D eigenvalue weighted by molar-refractivity contribution is 7.91. The molecule has 0 fully saturated rings. The number of fused-ring (bicyclic) bond motifs is 1. The predicted octanol–water partition coefficient (Wildman–Crippen LogP) is 3.03. The van der Waals surface area contributed by atoms with Crippen molar-refractivity contribution in [2.75, 3.05) is 24.0 Å². The molecule has 2 heterocycles. The van der Waals surface area contributed by atoms with Crippen molar-refractivity contribution in [1.29, 1.82) is 0 Å². The summed E-state index contributed by atoms with van der Waals surface area (Å²) in [6.07, 6.45) is 1.35. The van der Waals surface area contributed by atoms with Crippen molar-refractivity contribution < 1.29 is 30.6 Å². The summed E-state index contributed by atoms with van der Waals surface area (Å²) < 4.78 is 62.2. The van der Waals surface area contributed by atoms with Crippen molar-refractivity contribution in [3.8, 4) is 5.88 Å². The number of carbonyl (C=O) groups is 1. The van der Waals surface area contributed by atoms with Crippen molar-refractivity contribution in [1.82, 2.24) is 9.78 Å². The molecular weight excluding hydrogens is 492 g/mol. The number of halogens is 1. The molecule has 1 atom stereocenters. The second-order valence-electron chi connectivity index (χ2n) is 7.66. The predicted molar refractivity (Wildman–Crippen MR) is 123 cm³/mol. The molecule has 9 nitrogen and oxygen atoms in total. The maximum atomic E-state index is 13.5. The SMILES string of the molecule is CCCS(=O)(=O)Oc1c(C(=O)c2ccc3c(c2C)C(OCCCl)CCS3(=O)=O)cnn1CC. The molecule has 0 radical (unpaired) electrons. The van der Waals surface area contributed by atoms with Crippen LogP contribution in [0.3, 0.4) is 0 Å². The van der Waals surface area contributed by atoms with E-state index in [1.807, 2.05) is 0 Å². The van der Waals surface area contributed by atoms with E-state index in [1.54, 1.807) is 20.8 Å². The Morgan fingerprint density at radius 2 is 2.00 bits per heavy atom. The summed E-state index contributed by atoms with van der Waals surface area (Å²) in [5.41, 5.74) is 1.09. The zero-order valence-electron chi connectivity index (χ0n) is 18.7. The molecule has 0 amide bonds. The molecule has 0 saturated carbocycles. The Labute approximate surface area is 199 Å². The highest BCUT2D eigenvalue weighted by Crippen LogP contribution is 2.39. The molecule has 0 N–H and O–H groups in total. The van der Waals surface area contributed by atoms with Crippen LogP contribution >= 0.6 is 11.6 Å². The summed E-state index contributed by atoms with van der Waals surface area (Å²) >= 11 is 5.74. The third-order valence-corrected chi connectivity index (χ3v) is 8.69. The van der Waals surface area contributed by atoms with Crippen molar-refractivity contribution >= 4 is 37.3 Å². The van der Waals surface area contributed by atoms with Gasteiger partial charge in [-0.2, -0.15) is 13.5 Å². The van der Waals surface area contributed by atoms with Crippen LogP contribution < -0.4 is 4.18 Å². The van der Waals surface area contributed by atoms with Crippen molar-refractivity contribution in [3.63, 3.8) is 0 Å². The Morgan fingerprint density at radius 1 is 1.27 bits per heavy atom. The molecule has 1 aliphatic heterocycles. The highest BCUT2D eigenvalue weighted by Gasteiger charge is 2.35. The monoisotopic (exact) mass is 518 g/mol. The van der Waals surface area contributed by atoms with E-state index < -0.39 is 31.8 Å². The van der Waals surface area contributed by atoms with Gasteiger partial charge >= 0.3 is 10.1 Å². The lowest BCUT2D eigenvalue weighted by atomic mass is 9.93. The lowest BCUT2D eigenvalue weighted by Crippen LogP contribution is -2.24. The van der Waals surface area contributed by atoms with E-state index in [4.69, 9.17) is 20.5 Å².